The molecule has 2 atom stereocenters. The molecule has 4 heteroatoms. The van der Waals surface area contributed by atoms with Gasteiger partial charge < -0.3 is 4.55 Å². The van der Waals surface area contributed by atoms with E-state index in [9.17, 15) is 13.6 Å². The van der Waals surface area contributed by atoms with Crippen molar-refractivity contribution in [2.45, 2.75) is 11.7 Å². The first-order valence-corrected chi connectivity index (χ1v) is 5.42. The highest BCUT2D eigenvalue weighted by Gasteiger charge is 2.35. The molecule has 1 rings (SSSR count). The fraction of sp³-hybridized carbons (Fsp3) is 0.182. The van der Waals surface area contributed by atoms with E-state index in [1.54, 1.807) is 30.3 Å². The molecular formula is C11H11O3S-. The minimum absolute atomic E-state index is 0.417. The lowest BCUT2D eigenvalue weighted by atomic mass is 9.94. The third-order valence-corrected chi connectivity index (χ3v) is 3.49. The molecule has 0 aliphatic rings. The van der Waals surface area contributed by atoms with Gasteiger partial charge in [0.25, 0.3) is 0 Å². The number of ketones is 1. The highest BCUT2D eigenvalue weighted by atomic mass is 32.2. The molecule has 0 aromatic heterocycles. The van der Waals surface area contributed by atoms with Gasteiger partial charge in [-0.25, -0.2) is 0 Å². The standard InChI is InChI=1S/C11H12O3S/c1-3-11(9(2)12,15(13)14)10-7-5-4-6-8-10/h3-8H,1H2,2H3,(H,13,14)/p-1. The van der Waals surface area contributed by atoms with Crippen molar-refractivity contribution in [3.05, 3.63) is 48.6 Å². The summed E-state index contributed by atoms with van der Waals surface area (Å²) in [5.41, 5.74) is 0.417. The molecule has 0 amide bonds. The smallest absolute Gasteiger partial charge is 0.155 e. The van der Waals surface area contributed by atoms with Gasteiger partial charge in [-0.15, -0.1) is 6.58 Å². The fourth-order valence-electron chi connectivity index (χ4n) is 1.43. The lowest BCUT2D eigenvalue weighted by Crippen LogP contribution is -2.36. The van der Waals surface area contributed by atoms with Gasteiger partial charge in [0, 0.05) is 0 Å². The van der Waals surface area contributed by atoms with Crippen LogP contribution in [0.4, 0.5) is 0 Å². The van der Waals surface area contributed by atoms with Crippen LogP contribution in [0.15, 0.2) is 43.0 Å². The second kappa shape index (κ2) is 4.51. The van der Waals surface area contributed by atoms with E-state index in [1.165, 1.54) is 6.92 Å². The summed E-state index contributed by atoms with van der Waals surface area (Å²) >= 11 is -2.56. The van der Waals surface area contributed by atoms with Gasteiger partial charge in [-0.3, -0.25) is 9.00 Å². The minimum atomic E-state index is -2.56. The molecule has 0 N–H and O–H groups in total. The van der Waals surface area contributed by atoms with Crippen LogP contribution in [0.25, 0.3) is 0 Å². The molecule has 15 heavy (non-hydrogen) atoms. The average molecular weight is 223 g/mol. The maximum absolute atomic E-state index is 11.5. The summed E-state index contributed by atoms with van der Waals surface area (Å²) in [4.78, 5) is 11.5. The second-order valence-corrected chi connectivity index (χ2v) is 4.21. The van der Waals surface area contributed by atoms with Crippen LogP contribution in [0.2, 0.25) is 0 Å². The number of hydrogen-bond donors (Lipinski definition) is 0. The molecule has 0 bridgehead atoms. The first-order chi connectivity index (χ1) is 7.05. The van der Waals surface area contributed by atoms with E-state index in [0.717, 1.165) is 6.08 Å². The van der Waals surface area contributed by atoms with E-state index in [1.807, 2.05) is 0 Å². The van der Waals surface area contributed by atoms with E-state index >= 15 is 0 Å². The minimum Gasteiger partial charge on any atom is -0.771 e. The van der Waals surface area contributed by atoms with Gasteiger partial charge in [0.2, 0.25) is 0 Å². The van der Waals surface area contributed by atoms with E-state index in [2.05, 4.69) is 6.58 Å². The van der Waals surface area contributed by atoms with Crippen molar-refractivity contribution in [3.8, 4) is 0 Å². The highest BCUT2D eigenvalue weighted by molar-refractivity contribution is 7.81. The molecule has 1 aromatic carbocycles. The zero-order chi connectivity index (χ0) is 11.5. The Morgan fingerprint density at radius 3 is 2.33 bits per heavy atom. The predicted molar refractivity (Wildman–Crippen MR) is 57.9 cm³/mol. The van der Waals surface area contributed by atoms with Gasteiger partial charge in [0.1, 0.15) is 4.75 Å². The summed E-state index contributed by atoms with van der Waals surface area (Å²) in [6.07, 6.45) is 1.16. The summed E-state index contributed by atoms with van der Waals surface area (Å²) < 4.78 is 20.8. The molecule has 0 fully saturated rings. The summed E-state index contributed by atoms with van der Waals surface area (Å²) in [6, 6.07) is 8.32. The summed E-state index contributed by atoms with van der Waals surface area (Å²) in [6.45, 7) is 4.68. The number of carbonyl (C=O) groups excluding carboxylic acids is 1. The maximum atomic E-state index is 11.5. The van der Waals surface area contributed by atoms with Crippen molar-refractivity contribution in [2.75, 3.05) is 0 Å². The normalized spacial score (nSPS) is 16.4. The summed E-state index contributed by atoms with van der Waals surface area (Å²) in [5.74, 6) is -0.461. The molecule has 3 nitrogen and oxygen atoms in total. The van der Waals surface area contributed by atoms with Crippen LogP contribution < -0.4 is 0 Å². The fourth-order valence-corrected chi connectivity index (χ4v) is 2.13. The molecule has 0 heterocycles. The predicted octanol–water partition coefficient (Wildman–Crippen LogP) is 1.54. The molecule has 0 aliphatic heterocycles. The largest absolute Gasteiger partial charge is 0.771 e. The molecule has 0 saturated heterocycles. The molecule has 0 saturated carbocycles. The zero-order valence-corrected chi connectivity index (χ0v) is 9.12. The van der Waals surface area contributed by atoms with Crippen LogP contribution in [0.1, 0.15) is 12.5 Å². The van der Waals surface area contributed by atoms with E-state index in [4.69, 9.17) is 0 Å². The van der Waals surface area contributed by atoms with Gasteiger partial charge >= 0.3 is 0 Å². The van der Waals surface area contributed by atoms with Crippen molar-refractivity contribution in [1.29, 1.82) is 0 Å². The van der Waals surface area contributed by atoms with Gasteiger partial charge in [-0.1, -0.05) is 36.4 Å². The Balaban J connectivity index is 3.42. The van der Waals surface area contributed by atoms with Gasteiger partial charge in [0.05, 0.1) is 0 Å². The van der Waals surface area contributed by atoms with E-state index in [-0.39, 0.29) is 0 Å². The molecule has 2 unspecified atom stereocenters. The van der Waals surface area contributed by atoms with Crippen molar-refractivity contribution in [2.24, 2.45) is 0 Å². The monoisotopic (exact) mass is 223 g/mol. The Bertz CT molecular complexity index is 384. The Morgan fingerprint density at radius 2 is 2.00 bits per heavy atom. The Morgan fingerprint density at radius 1 is 1.47 bits per heavy atom. The van der Waals surface area contributed by atoms with Crippen molar-refractivity contribution in [3.63, 3.8) is 0 Å². The maximum Gasteiger partial charge on any atom is 0.155 e. The topological polar surface area (TPSA) is 57.2 Å². The first-order valence-electron chi connectivity index (χ1n) is 4.35. The van der Waals surface area contributed by atoms with E-state index < -0.39 is 21.6 Å². The van der Waals surface area contributed by atoms with Gasteiger partial charge in [0.15, 0.2) is 5.78 Å². The number of benzene rings is 1. The molecule has 1 aromatic rings. The summed E-state index contributed by atoms with van der Waals surface area (Å²) in [5, 5.41) is 0. The second-order valence-electron chi connectivity index (χ2n) is 3.10. The van der Waals surface area contributed by atoms with Crippen molar-refractivity contribution in [1.82, 2.24) is 0 Å². The SMILES string of the molecule is C=CC(C(C)=O)(c1ccccc1)S(=O)[O-]. The molecule has 80 valence electrons. The van der Waals surface area contributed by atoms with Gasteiger partial charge in [-0.05, 0) is 23.6 Å². The van der Waals surface area contributed by atoms with Crippen LogP contribution in [0.5, 0.6) is 0 Å². The number of carbonyl (C=O) groups is 1. The van der Waals surface area contributed by atoms with Crippen molar-refractivity contribution < 1.29 is 13.6 Å². The molecule has 0 spiro atoms. The zero-order valence-electron chi connectivity index (χ0n) is 8.30. The average Bonchev–Trinajstić information content (AvgIpc) is 2.20. The molecule has 0 aliphatic carbocycles. The van der Waals surface area contributed by atoms with Crippen LogP contribution in [-0.4, -0.2) is 14.5 Å². The molecule has 0 radical (unpaired) electrons. The lowest BCUT2D eigenvalue weighted by molar-refractivity contribution is -0.118. The number of Topliss-reactive ketones (excluding diaryl/α,β-unsaturated/α-hetero) is 1. The number of hydrogen-bond acceptors (Lipinski definition) is 3. The third-order valence-electron chi connectivity index (χ3n) is 2.28. The van der Waals surface area contributed by atoms with Crippen LogP contribution >= 0.6 is 0 Å². The van der Waals surface area contributed by atoms with Crippen molar-refractivity contribution >= 4 is 16.9 Å². The van der Waals surface area contributed by atoms with Crippen LogP contribution in [0, 0.1) is 0 Å². The third kappa shape index (κ3) is 1.91. The van der Waals surface area contributed by atoms with Gasteiger partial charge in [-0.2, -0.15) is 0 Å². The quantitative estimate of drug-likeness (QED) is 0.574. The lowest BCUT2D eigenvalue weighted by Gasteiger charge is -2.30. The highest BCUT2D eigenvalue weighted by Crippen LogP contribution is 2.29. The first kappa shape index (κ1) is 11.8. The Kier molecular flexibility index (Phi) is 3.55. The Hall–Kier alpha value is -1.26. The molecular weight excluding hydrogens is 212 g/mol. The summed E-state index contributed by atoms with van der Waals surface area (Å²) in [7, 11) is 0. The Labute approximate surface area is 91.1 Å². The van der Waals surface area contributed by atoms with Crippen LogP contribution in [0.3, 0.4) is 0 Å². The number of rotatable bonds is 4. The van der Waals surface area contributed by atoms with E-state index in [0.29, 0.717) is 5.56 Å². The van der Waals surface area contributed by atoms with Crippen LogP contribution in [-0.2, 0) is 20.6 Å².